The van der Waals surface area contributed by atoms with Crippen LogP contribution in [0, 0.1) is 0 Å². The largest absolute Gasteiger partial charge is 0.370 e. The highest BCUT2D eigenvalue weighted by atomic mass is 79.9. The van der Waals surface area contributed by atoms with Crippen molar-refractivity contribution in [1.29, 1.82) is 0 Å². The number of carbonyl (C=O) groups is 1. The van der Waals surface area contributed by atoms with E-state index in [9.17, 15) is 4.79 Å². The Morgan fingerprint density at radius 3 is 2.62 bits per heavy atom. The predicted octanol–water partition coefficient (Wildman–Crippen LogP) is 3.97. The van der Waals surface area contributed by atoms with Gasteiger partial charge in [0.1, 0.15) is 6.04 Å². The molecule has 1 aliphatic carbocycles. The third-order valence-corrected chi connectivity index (χ3v) is 4.21. The molecule has 21 heavy (non-hydrogen) atoms. The maximum absolute atomic E-state index is 11.8. The number of halogens is 1. The Hall–Kier alpha value is -1.81. The second kappa shape index (κ2) is 5.90. The van der Waals surface area contributed by atoms with E-state index >= 15 is 0 Å². The average Bonchev–Trinajstić information content (AvgIpc) is 3.29. The number of hydrogen-bond donors (Lipinski definition) is 2. The first-order valence-electron chi connectivity index (χ1n) is 7.05. The molecule has 2 aromatic rings. The number of benzene rings is 2. The van der Waals surface area contributed by atoms with Crippen molar-refractivity contribution in [3.8, 4) is 0 Å². The lowest BCUT2D eigenvalue weighted by atomic mass is 10.0. The molecule has 4 heteroatoms. The van der Waals surface area contributed by atoms with E-state index in [1.165, 1.54) is 18.4 Å². The molecule has 3 N–H and O–H groups in total. The minimum Gasteiger partial charge on any atom is -0.370 e. The summed E-state index contributed by atoms with van der Waals surface area (Å²) in [5, 5.41) is 3.22. The number of carbonyl (C=O) groups excluding carboxylic acids is 1. The molecule has 3 nitrogen and oxygen atoms in total. The Morgan fingerprint density at radius 2 is 1.95 bits per heavy atom. The van der Waals surface area contributed by atoms with Gasteiger partial charge in [0.2, 0.25) is 5.91 Å². The number of hydrogen-bond acceptors (Lipinski definition) is 2. The van der Waals surface area contributed by atoms with E-state index in [1.807, 2.05) is 36.4 Å². The van der Waals surface area contributed by atoms with Gasteiger partial charge in [0, 0.05) is 10.2 Å². The fourth-order valence-electron chi connectivity index (χ4n) is 2.47. The average molecular weight is 345 g/mol. The Labute approximate surface area is 132 Å². The van der Waals surface area contributed by atoms with Crippen molar-refractivity contribution in [2.45, 2.75) is 24.8 Å². The number of amides is 1. The Bertz CT molecular complexity index is 667. The van der Waals surface area contributed by atoms with Gasteiger partial charge in [-0.1, -0.05) is 46.3 Å². The summed E-state index contributed by atoms with van der Waals surface area (Å²) in [6.07, 6.45) is 2.48. The molecule has 0 radical (unpaired) electrons. The second-order valence-corrected chi connectivity index (χ2v) is 6.35. The van der Waals surface area contributed by atoms with Crippen LogP contribution in [0.1, 0.15) is 35.9 Å². The van der Waals surface area contributed by atoms with Crippen molar-refractivity contribution in [3.63, 3.8) is 0 Å². The molecular formula is C17H17BrN2O. The molecule has 1 saturated carbocycles. The summed E-state index contributed by atoms with van der Waals surface area (Å²) in [5.41, 5.74) is 8.67. The molecule has 0 aliphatic heterocycles. The van der Waals surface area contributed by atoms with Gasteiger partial charge < -0.3 is 11.1 Å². The van der Waals surface area contributed by atoms with E-state index in [1.54, 1.807) is 0 Å². The van der Waals surface area contributed by atoms with Gasteiger partial charge in [-0.2, -0.15) is 0 Å². The number of rotatable bonds is 5. The van der Waals surface area contributed by atoms with Crippen LogP contribution in [0.2, 0.25) is 0 Å². The SMILES string of the molecule is NC(=O)C(Nc1cccc(Br)c1)c1cccc(C2CC2)c1. The summed E-state index contributed by atoms with van der Waals surface area (Å²) in [4.78, 5) is 11.8. The number of anilines is 1. The standard InChI is InChI=1S/C17H17BrN2O/c18-14-5-2-6-15(10-14)20-16(17(19)21)13-4-1-3-12(9-13)11-7-8-11/h1-6,9-11,16,20H,7-8H2,(H2,19,21). The third kappa shape index (κ3) is 3.45. The molecular weight excluding hydrogens is 328 g/mol. The lowest BCUT2D eigenvalue weighted by molar-refractivity contribution is -0.118. The van der Waals surface area contributed by atoms with Gasteiger partial charge in [0.05, 0.1) is 0 Å². The fourth-order valence-corrected chi connectivity index (χ4v) is 2.87. The number of nitrogens with two attached hydrogens (primary N) is 1. The summed E-state index contributed by atoms with van der Waals surface area (Å²) in [5.74, 6) is 0.285. The molecule has 1 fully saturated rings. The quantitative estimate of drug-likeness (QED) is 0.862. The van der Waals surface area contributed by atoms with E-state index in [2.05, 4.69) is 33.4 Å². The van der Waals surface area contributed by atoms with Crippen LogP contribution < -0.4 is 11.1 Å². The van der Waals surface area contributed by atoms with E-state index < -0.39 is 6.04 Å². The van der Waals surface area contributed by atoms with Crippen LogP contribution in [-0.2, 0) is 4.79 Å². The van der Waals surface area contributed by atoms with E-state index in [0.29, 0.717) is 5.92 Å². The van der Waals surface area contributed by atoms with Gasteiger partial charge in [-0.05, 0) is 48.1 Å². The molecule has 0 saturated heterocycles. The van der Waals surface area contributed by atoms with Crippen LogP contribution >= 0.6 is 15.9 Å². The van der Waals surface area contributed by atoms with Crippen LogP contribution in [0.25, 0.3) is 0 Å². The Kier molecular flexibility index (Phi) is 3.97. The first-order chi connectivity index (χ1) is 10.1. The highest BCUT2D eigenvalue weighted by Crippen LogP contribution is 2.40. The summed E-state index contributed by atoms with van der Waals surface area (Å²) < 4.78 is 0.961. The number of nitrogens with one attached hydrogen (secondary N) is 1. The smallest absolute Gasteiger partial charge is 0.244 e. The molecule has 1 amide bonds. The zero-order valence-electron chi connectivity index (χ0n) is 11.6. The fraction of sp³-hybridized carbons (Fsp3) is 0.235. The van der Waals surface area contributed by atoms with Gasteiger partial charge in [0.25, 0.3) is 0 Å². The molecule has 1 atom stereocenters. The zero-order chi connectivity index (χ0) is 14.8. The summed E-state index contributed by atoms with van der Waals surface area (Å²) >= 11 is 3.43. The van der Waals surface area contributed by atoms with E-state index in [-0.39, 0.29) is 5.91 Å². The maximum Gasteiger partial charge on any atom is 0.244 e. The second-order valence-electron chi connectivity index (χ2n) is 5.43. The summed E-state index contributed by atoms with van der Waals surface area (Å²) in [6, 6.07) is 15.4. The Balaban J connectivity index is 1.87. The van der Waals surface area contributed by atoms with Crippen LogP contribution in [0.5, 0.6) is 0 Å². The normalized spacial score (nSPS) is 15.5. The predicted molar refractivity (Wildman–Crippen MR) is 88.1 cm³/mol. The van der Waals surface area contributed by atoms with Crippen LogP contribution in [0.4, 0.5) is 5.69 Å². The summed E-state index contributed by atoms with van der Waals surface area (Å²) in [6.45, 7) is 0. The van der Waals surface area contributed by atoms with Crippen LogP contribution in [0.15, 0.2) is 53.0 Å². The van der Waals surface area contributed by atoms with Gasteiger partial charge in [-0.3, -0.25) is 4.79 Å². The van der Waals surface area contributed by atoms with Gasteiger partial charge >= 0.3 is 0 Å². The zero-order valence-corrected chi connectivity index (χ0v) is 13.1. The molecule has 108 valence electrons. The Morgan fingerprint density at radius 1 is 1.19 bits per heavy atom. The van der Waals surface area contributed by atoms with Crippen molar-refractivity contribution >= 4 is 27.5 Å². The van der Waals surface area contributed by atoms with E-state index in [0.717, 1.165) is 15.7 Å². The first kappa shape index (κ1) is 14.1. The molecule has 0 spiro atoms. The monoisotopic (exact) mass is 344 g/mol. The van der Waals surface area contributed by atoms with Crippen molar-refractivity contribution < 1.29 is 4.79 Å². The highest BCUT2D eigenvalue weighted by Gasteiger charge is 2.25. The number of primary amides is 1. The molecule has 1 aliphatic rings. The summed E-state index contributed by atoms with van der Waals surface area (Å²) in [7, 11) is 0. The van der Waals surface area contributed by atoms with E-state index in [4.69, 9.17) is 5.73 Å². The first-order valence-corrected chi connectivity index (χ1v) is 7.84. The maximum atomic E-state index is 11.8. The van der Waals surface area contributed by atoms with Crippen molar-refractivity contribution in [1.82, 2.24) is 0 Å². The lowest BCUT2D eigenvalue weighted by Crippen LogP contribution is -2.27. The van der Waals surface area contributed by atoms with Gasteiger partial charge in [-0.15, -0.1) is 0 Å². The molecule has 1 unspecified atom stereocenters. The third-order valence-electron chi connectivity index (χ3n) is 3.71. The highest BCUT2D eigenvalue weighted by molar-refractivity contribution is 9.10. The topological polar surface area (TPSA) is 55.1 Å². The lowest BCUT2D eigenvalue weighted by Gasteiger charge is -2.18. The minimum atomic E-state index is -0.516. The molecule has 0 aromatic heterocycles. The van der Waals surface area contributed by atoms with Crippen LogP contribution in [0.3, 0.4) is 0 Å². The van der Waals surface area contributed by atoms with Crippen LogP contribution in [-0.4, -0.2) is 5.91 Å². The van der Waals surface area contributed by atoms with Crippen molar-refractivity contribution in [2.75, 3.05) is 5.32 Å². The molecule has 3 rings (SSSR count). The van der Waals surface area contributed by atoms with Gasteiger partial charge in [-0.25, -0.2) is 0 Å². The molecule has 2 aromatic carbocycles. The van der Waals surface area contributed by atoms with Crippen molar-refractivity contribution in [3.05, 3.63) is 64.1 Å². The molecule has 0 heterocycles. The minimum absolute atomic E-state index is 0.372. The van der Waals surface area contributed by atoms with Gasteiger partial charge in [0.15, 0.2) is 0 Å². The molecule has 0 bridgehead atoms. The van der Waals surface area contributed by atoms with Crippen molar-refractivity contribution in [2.24, 2.45) is 5.73 Å².